The van der Waals surface area contributed by atoms with E-state index in [1.165, 1.54) is 18.2 Å². The van der Waals surface area contributed by atoms with E-state index in [0.717, 1.165) is 10.7 Å². The number of benzene rings is 1. The quantitative estimate of drug-likeness (QED) is 0.793. The second kappa shape index (κ2) is 6.34. The molecule has 2 aliphatic heterocycles. The van der Waals surface area contributed by atoms with E-state index in [1.807, 2.05) is 6.07 Å². The summed E-state index contributed by atoms with van der Waals surface area (Å²) in [6.07, 6.45) is 0.575. The predicted octanol–water partition coefficient (Wildman–Crippen LogP) is 1.58. The molecule has 9 heteroatoms. The van der Waals surface area contributed by atoms with Gasteiger partial charge in [-0.05, 0) is 30.4 Å². The predicted molar refractivity (Wildman–Crippen MR) is 89.7 cm³/mol. The average Bonchev–Trinajstić information content (AvgIpc) is 3.09. The normalized spacial score (nSPS) is 22.6. The topological polar surface area (TPSA) is 102 Å². The molecule has 4 amide bonds. The van der Waals surface area contributed by atoms with Gasteiger partial charge in [0, 0.05) is 11.4 Å². The maximum absolute atomic E-state index is 12.5. The van der Waals surface area contributed by atoms with Crippen molar-refractivity contribution in [3.05, 3.63) is 28.8 Å². The Bertz CT molecular complexity index is 770. The van der Waals surface area contributed by atoms with Crippen molar-refractivity contribution in [2.24, 2.45) is 0 Å². The van der Waals surface area contributed by atoms with E-state index in [9.17, 15) is 14.4 Å². The molecule has 2 saturated heterocycles. The Labute approximate surface area is 147 Å². The molecule has 1 aromatic rings. The minimum absolute atomic E-state index is 0.215. The summed E-state index contributed by atoms with van der Waals surface area (Å²) in [5.41, 5.74) is -0.175. The van der Waals surface area contributed by atoms with E-state index >= 15 is 0 Å². The van der Waals surface area contributed by atoms with E-state index in [0.29, 0.717) is 23.4 Å². The van der Waals surface area contributed by atoms with Gasteiger partial charge in [-0.1, -0.05) is 11.6 Å². The van der Waals surface area contributed by atoms with Crippen molar-refractivity contribution in [2.45, 2.75) is 12.0 Å². The summed E-state index contributed by atoms with van der Waals surface area (Å²) in [6.45, 7) is -0.366. The molecule has 0 radical (unpaired) electrons. The van der Waals surface area contributed by atoms with Crippen molar-refractivity contribution in [2.75, 3.05) is 23.4 Å². The second-order valence-corrected chi connectivity index (χ2v) is 7.07. The van der Waals surface area contributed by atoms with Crippen LogP contribution in [-0.4, -0.2) is 46.3 Å². The number of anilines is 1. The number of nitrogens with one attached hydrogen (secondary N) is 2. The van der Waals surface area contributed by atoms with Gasteiger partial charge in [-0.3, -0.25) is 14.5 Å². The summed E-state index contributed by atoms with van der Waals surface area (Å²) < 4.78 is 0. The number of carbonyl (C=O) groups is 3. The van der Waals surface area contributed by atoms with Crippen molar-refractivity contribution in [3.8, 4) is 6.07 Å². The Morgan fingerprint density at radius 3 is 2.92 bits per heavy atom. The van der Waals surface area contributed by atoms with Gasteiger partial charge in [0.25, 0.3) is 5.91 Å². The molecule has 0 saturated carbocycles. The number of hydrogen-bond acceptors (Lipinski definition) is 5. The minimum atomic E-state index is -0.861. The Morgan fingerprint density at radius 2 is 2.29 bits per heavy atom. The summed E-state index contributed by atoms with van der Waals surface area (Å²) in [4.78, 5) is 37.5. The van der Waals surface area contributed by atoms with Crippen LogP contribution in [0.15, 0.2) is 18.2 Å². The van der Waals surface area contributed by atoms with Crippen LogP contribution in [0.2, 0.25) is 5.02 Å². The van der Waals surface area contributed by atoms with Gasteiger partial charge in [0.1, 0.15) is 18.2 Å². The SMILES string of the molecule is N#Cc1ccc(NC(=O)CN2C(=O)NC3(CCSC3)C2=O)cc1Cl. The van der Waals surface area contributed by atoms with Crippen LogP contribution in [0.3, 0.4) is 0 Å². The van der Waals surface area contributed by atoms with Crippen molar-refractivity contribution in [3.63, 3.8) is 0 Å². The van der Waals surface area contributed by atoms with Crippen LogP contribution < -0.4 is 10.6 Å². The molecule has 3 rings (SSSR count). The Balaban J connectivity index is 1.67. The standard InChI is InChI=1S/C15H13ClN4O3S/c16-11-5-10(2-1-9(11)6-17)18-12(21)7-20-13(22)15(19-14(20)23)3-4-24-8-15/h1-2,5H,3-4,7-8H2,(H,18,21)(H,19,23). The first kappa shape index (κ1) is 16.6. The molecule has 0 aromatic heterocycles. The summed E-state index contributed by atoms with van der Waals surface area (Å²) in [5, 5.41) is 14.3. The van der Waals surface area contributed by atoms with Gasteiger partial charge in [0.15, 0.2) is 0 Å². The first-order chi connectivity index (χ1) is 11.4. The molecule has 1 atom stereocenters. The van der Waals surface area contributed by atoms with Crippen LogP contribution in [0.4, 0.5) is 10.5 Å². The summed E-state index contributed by atoms with van der Waals surface area (Å²) in [6, 6.07) is 5.83. The fourth-order valence-electron chi connectivity index (χ4n) is 2.68. The van der Waals surface area contributed by atoms with Gasteiger partial charge in [-0.2, -0.15) is 17.0 Å². The van der Waals surface area contributed by atoms with Crippen LogP contribution >= 0.6 is 23.4 Å². The van der Waals surface area contributed by atoms with Crippen LogP contribution in [0.5, 0.6) is 0 Å². The van der Waals surface area contributed by atoms with E-state index in [2.05, 4.69) is 10.6 Å². The zero-order valence-corrected chi connectivity index (χ0v) is 14.0. The van der Waals surface area contributed by atoms with Crippen molar-refractivity contribution >= 4 is 46.9 Å². The molecule has 7 nitrogen and oxygen atoms in total. The molecule has 0 aliphatic carbocycles. The third-order valence-corrected chi connectivity index (χ3v) is 5.44. The highest BCUT2D eigenvalue weighted by Gasteiger charge is 2.53. The fourth-order valence-corrected chi connectivity index (χ4v) is 4.23. The van der Waals surface area contributed by atoms with Gasteiger partial charge in [0.05, 0.1) is 10.6 Å². The third-order valence-electron chi connectivity index (χ3n) is 3.94. The van der Waals surface area contributed by atoms with Crippen LogP contribution in [0, 0.1) is 11.3 Å². The maximum Gasteiger partial charge on any atom is 0.325 e. The van der Waals surface area contributed by atoms with Gasteiger partial charge in [-0.15, -0.1) is 0 Å². The number of amides is 4. The lowest BCUT2D eigenvalue weighted by atomic mass is 9.99. The number of nitriles is 1. The molecule has 2 heterocycles. The fraction of sp³-hybridized carbons (Fsp3) is 0.333. The minimum Gasteiger partial charge on any atom is -0.324 e. The number of halogens is 1. The zero-order chi connectivity index (χ0) is 17.3. The summed E-state index contributed by atoms with van der Waals surface area (Å²) in [5.74, 6) is 0.462. The van der Waals surface area contributed by atoms with Gasteiger partial charge in [-0.25, -0.2) is 4.79 Å². The molecule has 124 valence electrons. The maximum atomic E-state index is 12.5. The number of carbonyl (C=O) groups excluding carboxylic acids is 3. The van der Waals surface area contributed by atoms with Gasteiger partial charge in [0.2, 0.25) is 5.91 Å². The molecule has 1 unspecified atom stereocenters. The van der Waals surface area contributed by atoms with Gasteiger partial charge < -0.3 is 10.6 Å². The van der Waals surface area contributed by atoms with Crippen LogP contribution in [-0.2, 0) is 9.59 Å². The first-order valence-electron chi connectivity index (χ1n) is 7.16. The van der Waals surface area contributed by atoms with E-state index in [-0.39, 0.29) is 17.5 Å². The number of thioether (sulfide) groups is 1. The highest BCUT2D eigenvalue weighted by atomic mass is 35.5. The molecule has 1 spiro atoms. The van der Waals surface area contributed by atoms with Crippen LogP contribution in [0.1, 0.15) is 12.0 Å². The Morgan fingerprint density at radius 1 is 1.50 bits per heavy atom. The number of imide groups is 1. The third kappa shape index (κ3) is 2.92. The second-order valence-electron chi connectivity index (χ2n) is 5.56. The number of nitrogens with zero attached hydrogens (tertiary/aromatic N) is 2. The van der Waals surface area contributed by atoms with E-state index in [4.69, 9.17) is 16.9 Å². The van der Waals surface area contributed by atoms with Crippen molar-refractivity contribution < 1.29 is 14.4 Å². The van der Waals surface area contributed by atoms with Crippen LogP contribution in [0.25, 0.3) is 0 Å². The molecule has 24 heavy (non-hydrogen) atoms. The molecule has 2 aliphatic rings. The smallest absolute Gasteiger partial charge is 0.324 e. The van der Waals surface area contributed by atoms with E-state index in [1.54, 1.807) is 11.8 Å². The number of hydrogen-bond donors (Lipinski definition) is 2. The lowest BCUT2D eigenvalue weighted by Crippen LogP contribution is -2.47. The Kier molecular flexibility index (Phi) is 4.39. The average molecular weight is 365 g/mol. The Hall–Kier alpha value is -2.24. The van der Waals surface area contributed by atoms with Crippen molar-refractivity contribution in [1.82, 2.24) is 10.2 Å². The molecule has 0 bridgehead atoms. The molecular formula is C15H13ClN4O3S. The molecular weight excluding hydrogens is 352 g/mol. The van der Waals surface area contributed by atoms with Gasteiger partial charge >= 0.3 is 6.03 Å². The zero-order valence-electron chi connectivity index (χ0n) is 12.5. The first-order valence-corrected chi connectivity index (χ1v) is 8.70. The van der Waals surface area contributed by atoms with E-state index < -0.39 is 17.5 Å². The lowest BCUT2D eigenvalue weighted by Gasteiger charge is -2.19. The van der Waals surface area contributed by atoms with Crippen molar-refractivity contribution in [1.29, 1.82) is 5.26 Å². The molecule has 2 N–H and O–H groups in total. The molecule has 2 fully saturated rings. The monoisotopic (exact) mass is 364 g/mol. The highest BCUT2D eigenvalue weighted by Crippen LogP contribution is 2.33. The highest BCUT2D eigenvalue weighted by molar-refractivity contribution is 7.99. The summed E-state index contributed by atoms with van der Waals surface area (Å²) in [7, 11) is 0. The number of urea groups is 1. The lowest BCUT2D eigenvalue weighted by molar-refractivity contribution is -0.133. The number of rotatable bonds is 3. The largest absolute Gasteiger partial charge is 0.325 e. The molecule has 1 aromatic carbocycles. The summed E-state index contributed by atoms with van der Waals surface area (Å²) >= 11 is 7.51.